The molecule has 20 heavy (non-hydrogen) atoms. The van der Waals surface area contributed by atoms with Gasteiger partial charge in [0, 0.05) is 16.7 Å². The van der Waals surface area contributed by atoms with E-state index in [0.717, 1.165) is 23.4 Å². The minimum absolute atomic E-state index is 0.158. The van der Waals surface area contributed by atoms with Crippen molar-refractivity contribution in [1.29, 1.82) is 0 Å². The van der Waals surface area contributed by atoms with Gasteiger partial charge in [-0.05, 0) is 47.0 Å². The average Bonchev–Trinajstić information content (AvgIpc) is 3.18. The fraction of sp³-hybridized carbons (Fsp3) is 0.214. The molecule has 1 fully saturated rings. The number of hydrogen-bond acceptors (Lipinski definition) is 1. The molecule has 1 aliphatic rings. The summed E-state index contributed by atoms with van der Waals surface area (Å²) in [6, 6.07) is 5.68. The molecule has 1 amide bonds. The molecule has 0 saturated heterocycles. The van der Waals surface area contributed by atoms with Crippen LogP contribution in [0.2, 0.25) is 0 Å². The van der Waals surface area contributed by atoms with Crippen LogP contribution in [0.1, 0.15) is 29.4 Å². The summed E-state index contributed by atoms with van der Waals surface area (Å²) in [4.78, 5) is 12.2. The number of rotatable bonds is 3. The van der Waals surface area contributed by atoms with Crippen LogP contribution in [0.5, 0.6) is 0 Å². The topological polar surface area (TPSA) is 34.0 Å². The fourth-order valence-corrected chi connectivity index (χ4v) is 2.51. The van der Waals surface area contributed by atoms with Crippen LogP contribution in [0.25, 0.3) is 0 Å². The zero-order chi connectivity index (χ0) is 14.3. The van der Waals surface area contributed by atoms with E-state index in [1.54, 1.807) is 6.07 Å². The smallest absolute Gasteiger partial charge is 0.272 e. The van der Waals surface area contributed by atoms with Gasteiger partial charge in [0.05, 0.1) is 5.69 Å². The van der Waals surface area contributed by atoms with Crippen molar-refractivity contribution in [1.82, 2.24) is 4.57 Å². The minimum Gasteiger partial charge on any atom is -0.339 e. The Kier molecular flexibility index (Phi) is 3.33. The quantitative estimate of drug-likeness (QED) is 0.896. The highest BCUT2D eigenvalue weighted by Crippen LogP contribution is 2.37. The van der Waals surface area contributed by atoms with Crippen molar-refractivity contribution in [2.75, 3.05) is 5.32 Å². The Morgan fingerprint density at radius 3 is 2.80 bits per heavy atom. The third-order valence-electron chi connectivity index (χ3n) is 3.19. The van der Waals surface area contributed by atoms with Crippen molar-refractivity contribution < 1.29 is 13.6 Å². The molecule has 104 valence electrons. The first kappa shape index (κ1) is 13.3. The highest BCUT2D eigenvalue weighted by atomic mass is 79.9. The lowest BCUT2D eigenvalue weighted by Gasteiger charge is -2.09. The van der Waals surface area contributed by atoms with Crippen molar-refractivity contribution >= 4 is 27.5 Å². The van der Waals surface area contributed by atoms with Crippen LogP contribution in [0.15, 0.2) is 34.9 Å². The summed E-state index contributed by atoms with van der Waals surface area (Å²) in [5.41, 5.74) is 0.276. The summed E-state index contributed by atoms with van der Waals surface area (Å²) in [5.74, 6) is -2.49. The van der Waals surface area contributed by atoms with Gasteiger partial charge in [-0.25, -0.2) is 8.78 Å². The summed E-state index contributed by atoms with van der Waals surface area (Å²) in [6.07, 6.45) is 3.87. The number of nitrogens with one attached hydrogen (secondary N) is 1. The number of anilines is 1. The maximum absolute atomic E-state index is 13.5. The normalized spacial score (nSPS) is 14.3. The van der Waals surface area contributed by atoms with Crippen molar-refractivity contribution in [3.8, 4) is 0 Å². The lowest BCUT2D eigenvalue weighted by atomic mass is 10.2. The van der Waals surface area contributed by atoms with E-state index >= 15 is 0 Å². The van der Waals surface area contributed by atoms with Crippen LogP contribution in [-0.2, 0) is 0 Å². The molecule has 0 bridgehead atoms. The molecule has 1 N–H and O–H groups in total. The number of carbonyl (C=O) groups is 1. The molecule has 1 heterocycles. The predicted octanol–water partition coefficient (Wildman–Crippen LogP) is 4.12. The Bertz CT molecular complexity index is 680. The molecule has 1 saturated carbocycles. The Labute approximate surface area is 122 Å². The molecular weight excluding hydrogens is 330 g/mol. The van der Waals surface area contributed by atoms with E-state index in [-0.39, 0.29) is 5.69 Å². The molecule has 0 aliphatic heterocycles. The molecule has 3 rings (SSSR count). The predicted molar refractivity (Wildman–Crippen MR) is 74.7 cm³/mol. The standard InChI is InChI=1S/C14H11BrF2N2O/c15-8-6-12(19(7-8)9-4-5-9)14(20)18-11-3-1-2-10(16)13(11)17/h1-3,6-7,9H,4-5H2,(H,18,20). The monoisotopic (exact) mass is 340 g/mol. The minimum atomic E-state index is -1.05. The van der Waals surface area contributed by atoms with Gasteiger partial charge >= 0.3 is 0 Å². The van der Waals surface area contributed by atoms with E-state index in [0.29, 0.717) is 11.7 Å². The van der Waals surface area contributed by atoms with Gasteiger partial charge in [0.1, 0.15) is 5.69 Å². The largest absolute Gasteiger partial charge is 0.339 e. The van der Waals surface area contributed by atoms with Gasteiger partial charge in [-0.15, -0.1) is 0 Å². The molecular formula is C14H11BrF2N2O. The van der Waals surface area contributed by atoms with Crippen LogP contribution in [0.3, 0.4) is 0 Å². The first-order chi connectivity index (χ1) is 9.56. The first-order valence-corrected chi connectivity index (χ1v) is 6.98. The van der Waals surface area contributed by atoms with Crippen LogP contribution >= 0.6 is 15.9 Å². The number of nitrogens with zero attached hydrogens (tertiary/aromatic N) is 1. The number of aromatic nitrogens is 1. The second-order valence-electron chi connectivity index (χ2n) is 4.74. The molecule has 3 nitrogen and oxygen atoms in total. The first-order valence-electron chi connectivity index (χ1n) is 6.19. The van der Waals surface area contributed by atoms with E-state index in [1.165, 1.54) is 12.1 Å². The van der Waals surface area contributed by atoms with Gasteiger partial charge in [0.15, 0.2) is 11.6 Å². The van der Waals surface area contributed by atoms with E-state index < -0.39 is 17.5 Å². The van der Waals surface area contributed by atoms with Crippen LogP contribution in [0, 0.1) is 11.6 Å². The Balaban J connectivity index is 1.88. The average molecular weight is 341 g/mol. The fourth-order valence-electron chi connectivity index (χ4n) is 2.07. The summed E-state index contributed by atoms with van der Waals surface area (Å²) >= 11 is 3.32. The molecule has 1 aliphatic carbocycles. The molecule has 6 heteroatoms. The highest BCUT2D eigenvalue weighted by molar-refractivity contribution is 9.10. The van der Waals surface area contributed by atoms with Gasteiger partial charge in [0.2, 0.25) is 0 Å². The third kappa shape index (κ3) is 2.47. The van der Waals surface area contributed by atoms with E-state index in [4.69, 9.17) is 0 Å². The van der Waals surface area contributed by atoms with Gasteiger partial charge < -0.3 is 9.88 Å². The number of amides is 1. The Hall–Kier alpha value is -1.69. The molecule has 2 aromatic rings. The number of halogens is 3. The summed E-state index contributed by atoms with van der Waals surface area (Å²) in [6.45, 7) is 0. The van der Waals surface area contributed by atoms with Gasteiger partial charge in [-0.3, -0.25) is 4.79 Å². The van der Waals surface area contributed by atoms with Crippen LogP contribution in [-0.4, -0.2) is 10.5 Å². The lowest BCUT2D eigenvalue weighted by molar-refractivity contribution is 0.101. The number of benzene rings is 1. The van der Waals surface area contributed by atoms with Crippen molar-refractivity contribution in [3.63, 3.8) is 0 Å². The highest BCUT2D eigenvalue weighted by Gasteiger charge is 2.28. The molecule has 0 atom stereocenters. The van der Waals surface area contributed by atoms with Crippen LogP contribution < -0.4 is 5.32 Å². The second kappa shape index (κ2) is 5.01. The maximum Gasteiger partial charge on any atom is 0.272 e. The van der Waals surface area contributed by atoms with Crippen molar-refractivity contribution in [2.24, 2.45) is 0 Å². The molecule has 0 unspecified atom stereocenters. The van der Waals surface area contributed by atoms with E-state index in [1.807, 2.05) is 10.8 Å². The second-order valence-corrected chi connectivity index (χ2v) is 5.65. The van der Waals surface area contributed by atoms with Gasteiger partial charge in [0.25, 0.3) is 5.91 Å². The zero-order valence-corrected chi connectivity index (χ0v) is 12.0. The molecule has 1 aromatic heterocycles. The SMILES string of the molecule is O=C(Nc1cccc(F)c1F)c1cc(Br)cn1C1CC1. The Morgan fingerprint density at radius 1 is 1.35 bits per heavy atom. The lowest BCUT2D eigenvalue weighted by Crippen LogP contribution is -2.17. The summed E-state index contributed by atoms with van der Waals surface area (Å²) < 4.78 is 29.3. The van der Waals surface area contributed by atoms with Crippen molar-refractivity contribution in [2.45, 2.75) is 18.9 Å². The number of carbonyl (C=O) groups excluding carboxylic acids is 1. The van der Waals surface area contributed by atoms with Crippen molar-refractivity contribution in [3.05, 3.63) is 52.3 Å². The van der Waals surface area contributed by atoms with E-state index in [2.05, 4.69) is 21.2 Å². The van der Waals surface area contributed by atoms with Crippen LogP contribution in [0.4, 0.5) is 14.5 Å². The summed E-state index contributed by atoms with van der Waals surface area (Å²) in [7, 11) is 0. The summed E-state index contributed by atoms with van der Waals surface area (Å²) in [5, 5.41) is 2.41. The molecule has 0 spiro atoms. The zero-order valence-electron chi connectivity index (χ0n) is 10.4. The number of hydrogen-bond donors (Lipinski definition) is 1. The van der Waals surface area contributed by atoms with E-state index in [9.17, 15) is 13.6 Å². The van der Waals surface area contributed by atoms with Gasteiger partial charge in [-0.1, -0.05) is 6.07 Å². The molecule has 0 radical (unpaired) electrons. The van der Waals surface area contributed by atoms with Gasteiger partial charge in [-0.2, -0.15) is 0 Å². The molecule has 1 aromatic carbocycles. The Morgan fingerprint density at radius 2 is 2.10 bits per heavy atom. The third-order valence-corrected chi connectivity index (χ3v) is 3.62. The maximum atomic E-state index is 13.5.